The van der Waals surface area contributed by atoms with Gasteiger partial charge in [-0.05, 0) is 54.1 Å². The molecular formula is C28H24N6OS. The molecule has 5 N–H and O–H groups in total. The summed E-state index contributed by atoms with van der Waals surface area (Å²) < 4.78 is 0. The predicted octanol–water partition coefficient (Wildman–Crippen LogP) is 5.96. The molecule has 0 spiro atoms. The maximum Gasteiger partial charge on any atom is 0.187 e. The van der Waals surface area contributed by atoms with E-state index in [2.05, 4.69) is 32.4 Å². The molecule has 1 aromatic carbocycles. The number of pyridine rings is 2. The molecule has 0 bridgehead atoms. The molecule has 0 aliphatic rings. The van der Waals surface area contributed by atoms with Crippen molar-refractivity contribution in [3.05, 3.63) is 95.3 Å². The van der Waals surface area contributed by atoms with Gasteiger partial charge in [-0.3, -0.25) is 9.78 Å². The number of carbonyl (C=O) groups excluding carboxylic acids is 1. The molecule has 4 aromatic heterocycles. The number of carbonyl (C=O) groups is 1. The lowest BCUT2D eigenvalue weighted by atomic mass is 9.95. The number of benzene rings is 1. The number of nitrogens with one attached hydrogen (secondary N) is 3. The topological polar surface area (TPSA) is 121 Å². The highest BCUT2D eigenvalue weighted by Gasteiger charge is 2.16. The molecule has 0 aliphatic carbocycles. The molecule has 0 aliphatic heterocycles. The van der Waals surface area contributed by atoms with Gasteiger partial charge in [0.25, 0.3) is 0 Å². The second kappa shape index (κ2) is 9.97. The van der Waals surface area contributed by atoms with Crippen molar-refractivity contribution >= 4 is 45.7 Å². The van der Waals surface area contributed by atoms with Crippen LogP contribution in [0, 0.1) is 5.41 Å². The van der Waals surface area contributed by atoms with Crippen molar-refractivity contribution in [3.8, 4) is 21.7 Å². The molecule has 0 saturated carbocycles. The number of allylic oxidation sites excluding steroid dienone is 2. The van der Waals surface area contributed by atoms with Crippen molar-refractivity contribution in [1.82, 2.24) is 15.0 Å². The molecule has 8 heteroatoms. The van der Waals surface area contributed by atoms with Crippen molar-refractivity contribution in [1.29, 1.82) is 5.41 Å². The monoisotopic (exact) mass is 492 g/mol. The van der Waals surface area contributed by atoms with Gasteiger partial charge in [-0.15, -0.1) is 11.3 Å². The maximum absolute atomic E-state index is 13.3. The molecule has 5 aromatic rings. The molecule has 0 fully saturated rings. The summed E-state index contributed by atoms with van der Waals surface area (Å²) >= 11 is 1.66. The summed E-state index contributed by atoms with van der Waals surface area (Å²) in [6, 6.07) is 15.5. The number of ketones is 1. The molecule has 36 heavy (non-hydrogen) atoms. The highest BCUT2D eigenvalue weighted by atomic mass is 32.1. The van der Waals surface area contributed by atoms with Crippen LogP contribution >= 0.6 is 11.3 Å². The highest BCUT2D eigenvalue weighted by Crippen LogP contribution is 2.34. The zero-order chi connectivity index (χ0) is 25.1. The van der Waals surface area contributed by atoms with Crippen LogP contribution in [-0.2, 0) is 6.42 Å². The molecule has 7 nitrogen and oxygen atoms in total. The van der Waals surface area contributed by atoms with Crippen LogP contribution in [0.15, 0.2) is 79.3 Å². The minimum Gasteiger partial charge on any atom is -0.387 e. The lowest BCUT2D eigenvalue weighted by Crippen LogP contribution is -2.05. The van der Waals surface area contributed by atoms with Gasteiger partial charge in [0.15, 0.2) is 5.78 Å². The highest BCUT2D eigenvalue weighted by molar-refractivity contribution is 7.15. The van der Waals surface area contributed by atoms with Crippen LogP contribution in [0.3, 0.4) is 0 Å². The summed E-state index contributed by atoms with van der Waals surface area (Å²) in [5.41, 5.74) is 11.2. The fourth-order valence-corrected chi connectivity index (χ4v) is 5.15. The van der Waals surface area contributed by atoms with Crippen molar-refractivity contribution in [2.45, 2.75) is 6.42 Å². The Morgan fingerprint density at radius 1 is 1.19 bits per heavy atom. The largest absolute Gasteiger partial charge is 0.387 e. The van der Waals surface area contributed by atoms with Crippen LogP contribution in [0.2, 0.25) is 0 Å². The maximum atomic E-state index is 13.3. The molecule has 0 unspecified atom stereocenters. The van der Waals surface area contributed by atoms with Crippen LogP contribution in [-0.4, -0.2) is 34.0 Å². The van der Waals surface area contributed by atoms with Crippen molar-refractivity contribution in [3.63, 3.8) is 0 Å². The first-order valence-electron chi connectivity index (χ1n) is 11.4. The van der Waals surface area contributed by atoms with E-state index in [-0.39, 0.29) is 5.78 Å². The normalized spacial score (nSPS) is 11.2. The second-order valence-corrected chi connectivity index (χ2v) is 9.36. The predicted molar refractivity (Wildman–Crippen MR) is 148 cm³/mol. The van der Waals surface area contributed by atoms with Gasteiger partial charge in [0.05, 0.1) is 28.0 Å². The number of nitrogens with two attached hydrogens (primary N) is 1. The van der Waals surface area contributed by atoms with E-state index in [1.54, 1.807) is 42.9 Å². The van der Waals surface area contributed by atoms with Crippen molar-refractivity contribution < 1.29 is 4.79 Å². The Kier molecular flexibility index (Phi) is 6.42. The average molecular weight is 493 g/mol. The van der Waals surface area contributed by atoms with Gasteiger partial charge in [0.1, 0.15) is 5.82 Å². The summed E-state index contributed by atoms with van der Waals surface area (Å²) in [7, 11) is 1.76. The van der Waals surface area contributed by atoms with Crippen LogP contribution in [0.1, 0.15) is 20.8 Å². The Morgan fingerprint density at radius 2 is 2.08 bits per heavy atom. The summed E-state index contributed by atoms with van der Waals surface area (Å²) in [6.45, 7) is 0. The van der Waals surface area contributed by atoms with Crippen LogP contribution in [0.4, 0.5) is 11.5 Å². The number of aromatic amines is 1. The van der Waals surface area contributed by atoms with Gasteiger partial charge in [-0.2, -0.15) is 0 Å². The van der Waals surface area contributed by atoms with Gasteiger partial charge in [0.2, 0.25) is 0 Å². The van der Waals surface area contributed by atoms with Crippen LogP contribution < -0.4 is 11.1 Å². The quantitative estimate of drug-likeness (QED) is 0.121. The standard InChI is InChI=1S/C28H24N6OS/c1-31-28-18(14-29)11-17(22-15-33-24-16-34-27(30)13-20(22)24)12-21(28)25(35)7-4-5-19-8-9-26(36-19)23-6-2-3-10-32-23/h2-4,6-16,29,31,33H,5H2,1H3,(H2,30,34)/b7-4-,29-14?. The molecule has 0 amide bonds. The van der Waals surface area contributed by atoms with Crippen molar-refractivity contribution in [2.75, 3.05) is 18.1 Å². The molecule has 5 rings (SSSR count). The van der Waals surface area contributed by atoms with E-state index in [1.165, 1.54) is 6.21 Å². The first-order chi connectivity index (χ1) is 17.6. The fraction of sp³-hybridized carbons (Fsp3) is 0.0714. The van der Waals surface area contributed by atoms with E-state index in [0.717, 1.165) is 37.5 Å². The Labute approximate surface area is 212 Å². The number of aromatic nitrogens is 3. The average Bonchev–Trinajstić information content (AvgIpc) is 3.55. The van der Waals surface area contributed by atoms with E-state index >= 15 is 0 Å². The summed E-state index contributed by atoms with van der Waals surface area (Å²) in [6.07, 6.45) is 10.7. The summed E-state index contributed by atoms with van der Waals surface area (Å²) in [4.78, 5) is 27.3. The third kappa shape index (κ3) is 4.54. The van der Waals surface area contributed by atoms with Gasteiger partial charge < -0.3 is 21.4 Å². The summed E-state index contributed by atoms with van der Waals surface area (Å²) in [5.74, 6) is 0.285. The second-order valence-electron chi connectivity index (χ2n) is 8.19. The Hall–Kier alpha value is -4.56. The van der Waals surface area contributed by atoms with E-state index in [1.807, 2.05) is 42.6 Å². The minimum absolute atomic E-state index is 0.133. The van der Waals surface area contributed by atoms with E-state index < -0.39 is 0 Å². The minimum atomic E-state index is -0.133. The van der Waals surface area contributed by atoms with E-state index in [9.17, 15) is 4.79 Å². The van der Waals surface area contributed by atoms with E-state index in [4.69, 9.17) is 11.1 Å². The Morgan fingerprint density at radius 3 is 2.86 bits per heavy atom. The first kappa shape index (κ1) is 23.2. The molecule has 0 saturated heterocycles. The molecule has 0 radical (unpaired) electrons. The van der Waals surface area contributed by atoms with Crippen LogP contribution in [0.5, 0.6) is 0 Å². The van der Waals surface area contributed by atoms with Gasteiger partial charge in [-0.25, -0.2) is 4.98 Å². The summed E-state index contributed by atoms with van der Waals surface area (Å²) in [5, 5.41) is 11.9. The van der Waals surface area contributed by atoms with Gasteiger partial charge in [-0.1, -0.05) is 12.1 Å². The SMILES string of the molecule is CNc1c(C=N)cc(-c2c[nH]c3cnc(N)cc23)cc1C(=O)/C=C\Cc1ccc(-c2ccccn2)s1. The molecule has 178 valence electrons. The lowest BCUT2D eigenvalue weighted by molar-refractivity contribution is 0.104. The number of hydrogen-bond acceptors (Lipinski definition) is 7. The number of nitrogens with zero attached hydrogens (tertiary/aromatic N) is 2. The number of fused-ring (bicyclic) bond motifs is 1. The fourth-order valence-electron chi connectivity index (χ4n) is 4.19. The molecule has 4 heterocycles. The first-order valence-corrected chi connectivity index (χ1v) is 12.2. The molecule has 0 atom stereocenters. The number of thiophene rings is 1. The molecular weight excluding hydrogens is 468 g/mol. The van der Waals surface area contributed by atoms with Gasteiger partial charge >= 0.3 is 0 Å². The number of hydrogen-bond donors (Lipinski definition) is 4. The smallest absolute Gasteiger partial charge is 0.187 e. The van der Waals surface area contributed by atoms with Crippen LogP contribution in [0.25, 0.3) is 32.6 Å². The Bertz CT molecular complexity index is 1600. The number of H-pyrrole nitrogens is 1. The third-order valence-electron chi connectivity index (χ3n) is 5.91. The number of anilines is 2. The third-order valence-corrected chi connectivity index (χ3v) is 7.04. The number of rotatable bonds is 8. The zero-order valence-electron chi connectivity index (χ0n) is 19.6. The van der Waals surface area contributed by atoms with Gasteiger partial charge in [0, 0.05) is 59.0 Å². The Balaban J connectivity index is 1.44. The zero-order valence-corrected chi connectivity index (χ0v) is 20.4. The number of nitrogen functional groups attached to an aromatic ring is 1. The lowest BCUT2D eigenvalue weighted by Gasteiger charge is -2.13. The van der Waals surface area contributed by atoms with Crippen molar-refractivity contribution in [2.24, 2.45) is 0 Å². The van der Waals surface area contributed by atoms with E-state index in [0.29, 0.717) is 29.1 Å².